The molecule has 10 heteroatoms. The van der Waals surface area contributed by atoms with Crippen molar-refractivity contribution < 1.29 is 19.1 Å². The Balaban J connectivity index is 0.000000877. The van der Waals surface area contributed by atoms with Crippen LogP contribution in [0, 0.1) is 24.2 Å². The van der Waals surface area contributed by atoms with Crippen LogP contribution in [0.25, 0.3) is 0 Å². The second-order valence-corrected chi connectivity index (χ2v) is 11.6. The summed E-state index contributed by atoms with van der Waals surface area (Å²) in [6, 6.07) is 7.54. The zero-order chi connectivity index (χ0) is 33.9. The summed E-state index contributed by atoms with van der Waals surface area (Å²) in [4.78, 5) is 33.0. The fourth-order valence-corrected chi connectivity index (χ4v) is 5.08. The van der Waals surface area contributed by atoms with Gasteiger partial charge in [-0.05, 0) is 71.4 Å². The van der Waals surface area contributed by atoms with Crippen LogP contribution < -0.4 is 21.7 Å². The number of nitrogens with two attached hydrogens (primary N) is 1. The maximum absolute atomic E-state index is 12.6. The lowest BCUT2D eigenvalue weighted by Gasteiger charge is -2.32. The molecular weight excluding hydrogens is 568 g/mol. The number of amides is 2. The van der Waals surface area contributed by atoms with E-state index < -0.39 is 0 Å². The number of rotatable bonds is 18. The van der Waals surface area contributed by atoms with Gasteiger partial charge < -0.3 is 36.1 Å². The second-order valence-electron chi connectivity index (χ2n) is 11.6. The zero-order valence-corrected chi connectivity index (χ0v) is 29.0. The van der Waals surface area contributed by atoms with Gasteiger partial charge in [-0.25, -0.2) is 0 Å². The Labute approximate surface area is 273 Å². The van der Waals surface area contributed by atoms with E-state index in [1.165, 1.54) is 63.4 Å². The average Bonchev–Trinajstić information content (AvgIpc) is 3.89. The quantitative estimate of drug-likeness (QED) is 0.0696. The molecule has 2 fully saturated rings. The largest absolute Gasteiger partial charge is 0.384 e. The second kappa shape index (κ2) is 27.5. The first-order chi connectivity index (χ1) is 21.8. The van der Waals surface area contributed by atoms with E-state index in [-0.39, 0.29) is 24.3 Å². The smallest absolute Gasteiger partial charge is 0.239 e. The number of nitrogen functional groups attached to an aromatic ring is 1. The van der Waals surface area contributed by atoms with E-state index in [0.29, 0.717) is 18.8 Å². The van der Waals surface area contributed by atoms with Crippen molar-refractivity contribution in [1.29, 1.82) is 5.41 Å². The third kappa shape index (κ3) is 20.8. The molecule has 3 atom stereocenters. The molecule has 0 spiro atoms. The minimum Gasteiger partial charge on any atom is -0.384 e. The number of aldehydes is 1. The molecule has 2 aliphatic carbocycles. The highest BCUT2D eigenvalue weighted by Gasteiger charge is 2.30. The van der Waals surface area contributed by atoms with Crippen molar-refractivity contribution in [2.24, 2.45) is 17.6 Å². The Hall–Kier alpha value is -2.82. The molecule has 45 heavy (non-hydrogen) atoms. The van der Waals surface area contributed by atoms with Crippen molar-refractivity contribution >= 4 is 24.4 Å². The van der Waals surface area contributed by atoms with Crippen molar-refractivity contribution in [3.05, 3.63) is 35.4 Å². The zero-order valence-electron chi connectivity index (χ0n) is 29.0. The van der Waals surface area contributed by atoms with E-state index in [2.05, 4.69) is 16.0 Å². The number of carbonyl (C=O) groups is 3. The number of carbonyl (C=O) groups excluding carboxylic acids is 3. The third-order valence-electron chi connectivity index (χ3n) is 7.98. The average molecular weight is 633 g/mol. The fraction of sp³-hybridized carbons (Fsp3) is 0.714. The summed E-state index contributed by atoms with van der Waals surface area (Å²) < 4.78 is 6.29. The van der Waals surface area contributed by atoms with Gasteiger partial charge in [0.2, 0.25) is 12.3 Å². The SMILES string of the molecule is CC.CCN(C)C(=O)C(CC1CC1)NCCOC1CCCCC1CCCCNC.Cc1ccc(C(=N)N)cc1.O=CCNC=O. The van der Waals surface area contributed by atoms with Crippen LogP contribution in [-0.2, 0) is 19.1 Å². The van der Waals surface area contributed by atoms with Gasteiger partial charge in [0.25, 0.3) is 0 Å². The van der Waals surface area contributed by atoms with Gasteiger partial charge in [0.05, 0.1) is 25.3 Å². The Kier molecular flexibility index (Phi) is 25.8. The molecule has 258 valence electrons. The van der Waals surface area contributed by atoms with Crippen LogP contribution in [0.1, 0.15) is 96.1 Å². The number of likely N-dealkylation sites (N-methyl/N-ethyl adjacent to an activating group) is 1. The van der Waals surface area contributed by atoms with Gasteiger partial charge in [-0.3, -0.25) is 15.0 Å². The molecule has 10 nitrogen and oxygen atoms in total. The predicted octanol–water partition coefficient (Wildman–Crippen LogP) is 4.42. The standard InChI is InChI=1S/C22H43N3O2.C8H10N2.C3H5NO2.C2H6/c1-4-25(3)22(26)20(17-18-12-13-18)24-15-16-27-21-11-6-5-9-19(21)10-7-8-14-23-2;1-6-2-4-7(5-3-6)8(9)10;5-2-1-4-3-6;1-2/h18-21,23-24H,4-17H2,1-3H3;2-5H,1H3,(H3,9,10);2-3H,1H2,(H,4,6);1-2H3. The molecule has 1 aromatic rings. The van der Waals surface area contributed by atoms with Crippen LogP contribution in [-0.4, -0.2) is 88.4 Å². The van der Waals surface area contributed by atoms with E-state index >= 15 is 0 Å². The normalized spacial score (nSPS) is 17.5. The van der Waals surface area contributed by atoms with E-state index in [4.69, 9.17) is 15.9 Å². The molecule has 0 saturated heterocycles. The molecule has 2 amide bonds. The minimum absolute atomic E-state index is 0.0326. The summed E-state index contributed by atoms with van der Waals surface area (Å²) in [7, 11) is 3.93. The third-order valence-corrected chi connectivity index (χ3v) is 7.98. The summed E-state index contributed by atoms with van der Waals surface area (Å²) in [5.74, 6) is 1.84. The molecule has 0 bridgehead atoms. The van der Waals surface area contributed by atoms with Gasteiger partial charge in [0, 0.05) is 25.7 Å². The van der Waals surface area contributed by atoms with Gasteiger partial charge in [0.15, 0.2) is 0 Å². The maximum Gasteiger partial charge on any atom is 0.239 e. The number of aryl methyl sites for hydroxylation is 1. The highest BCUT2D eigenvalue weighted by Crippen LogP contribution is 2.34. The minimum atomic E-state index is -0.0326. The van der Waals surface area contributed by atoms with Crippen molar-refractivity contribution in [3.63, 3.8) is 0 Å². The molecule has 2 saturated carbocycles. The van der Waals surface area contributed by atoms with E-state index in [1.54, 1.807) is 0 Å². The monoisotopic (exact) mass is 632 g/mol. The van der Waals surface area contributed by atoms with Gasteiger partial charge in [0.1, 0.15) is 12.1 Å². The number of unbranched alkanes of at least 4 members (excludes halogenated alkanes) is 1. The first-order valence-corrected chi connectivity index (χ1v) is 17.0. The van der Waals surface area contributed by atoms with Crippen LogP contribution in [0.2, 0.25) is 0 Å². The summed E-state index contributed by atoms with van der Waals surface area (Å²) in [6.07, 6.45) is 14.1. The van der Waals surface area contributed by atoms with Crippen LogP contribution in [0.5, 0.6) is 0 Å². The number of nitrogens with zero attached hydrogens (tertiary/aromatic N) is 1. The van der Waals surface area contributed by atoms with Gasteiger partial charge in [-0.2, -0.15) is 0 Å². The fourth-order valence-electron chi connectivity index (χ4n) is 5.08. The van der Waals surface area contributed by atoms with Crippen LogP contribution >= 0.6 is 0 Å². The topological polar surface area (TPSA) is 150 Å². The van der Waals surface area contributed by atoms with E-state index in [1.807, 2.05) is 71.0 Å². The molecule has 3 unspecified atom stereocenters. The lowest BCUT2D eigenvalue weighted by atomic mass is 9.83. The van der Waals surface area contributed by atoms with Crippen molar-refractivity contribution in [2.75, 3.05) is 46.9 Å². The molecule has 3 rings (SSSR count). The summed E-state index contributed by atoms with van der Waals surface area (Å²) in [5, 5.41) is 16.0. The molecule has 6 N–H and O–H groups in total. The van der Waals surface area contributed by atoms with Gasteiger partial charge >= 0.3 is 0 Å². The Bertz CT molecular complexity index is 902. The van der Waals surface area contributed by atoms with E-state index in [9.17, 15) is 14.4 Å². The van der Waals surface area contributed by atoms with Crippen molar-refractivity contribution in [2.45, 2.75) is 104 Å². The summed E-state index contributed by atoms with van der Waals surface area (Å²) in [5.41, 5.74) is 7.22. The van der Waals surface area contributed by atoms with Crippen molar-refractivity contribution in [3.8, 4) is 0 Å². The van der Waals surface area contributed by atoms with Crippen molar-refractivity contribution in [1.82, 2.24) is 20.9 Å². The number of hydrogen-bond donors (Lipinski definition) is 5. The summed E-state index contributed by atoms with van der Waals surface area (Å²) >= 11 is 0. The first-order valence-electron chi connectivity index (χ1n) is 17.0. The molecule has 1 aromatic carbocycles. The van der Waals surface area contributed by atoms with Crippen LogP contribution in [0.4, 0.5) is 0 Å². The van der Waals surface area contributed by atoms with Crippen LogP contribution in [0.3, 0.4) is 0 Å². The Morgan fingerprint density at radius 3 is 2.29 bits per heavy atom. The maximum atomic E-state index is 12.6. The summed E-state index contributed by atoms with van der Waals surface area (Å²) in [6.45, 7) is 11.5. The Morgan fingerprint density at radius 2 is 1.76 bits per heavy atom. The Morgan fingerprint density at radius 1 is 1.09 bits per heavy atom. The molecular formula is C35H64N6O4. The molecule has 2 aliphatic rings. The molecule has 0 heterocycles. The molecule has 0 radical (unpaired) electrons. The first kappa shape index (κ1) is 42.2. The predicted molar refractivity (Wildman–Crippen MR) is 186 cm³/mol. The van der Waals surface area contributed by atoms with E-state index in [0.717, 1.165) is 50.1 Å². The lowest BCUT2D eigenvalue weighted by Crippen LogP contribution is -2.46. The highest BCUT2D eigenvalue weighted by atomic mass is 16.5. The highest BCUT2D eigenvalue weighted by molar-refractivity contribution is 5.94. The van der Waals surface area contributed by atoms with Gasteiger partial charge in [-0.15, -0.1) is 0 Å². The number of nitrogens with one attached hydrogen (secondary N) is 4. The molecule has 0 aromatic heterocycles. The number of benzene rings is 1. The van der Waals surface area contributed by atoms with Gasteiger partial charge in [-0.1, -0.05) is 75.8 Å². The lowest BCUT2D eigenvalue weighted by molar-refractivity contribution is -0.132. The van der Waals surface area contributed by atoms with Crippen LogP contribution in [0.15, 0.2) is 24.3 Å². The molecule has 0 aliphatic heterocycles. The number of amidine groups is 1. The number of ether oxygens (including phenoxy) is 1. The number of hydrogen-bond acceptors (Lipinski definition) is 7.